The Bertz CT molecular complexity index is 509. The van der Waals surface area contributed by atoms with Crippen molar-refractivity contribution in [2.75, 3.05) is 0 Å². The van der Waals surface area contributed by atoms with Crippen molar-refractivity contribution in [3.63, 3.8) is 0 Å². The van der Waals surface area contributed by atoms with Gasteiger partial charge in [0.05, 0.1) is 21.2 Å². The summed E-state index contributed by atoms with van der Waals surface area (Å²) in [6, 6.07) is 9.36. The number of benzene rings is 1. The summed E-state index contributed by atoms with van der Waals surface area (Å²) in [5.41, 5.74) is 1.68. The van der Waals surface area contributed by atoms with E-state index in [2.05, 4.69) is 36.8 Å². The molecule has 0 aliphatic heterocycles. The van der Waals surface area contributed by atoms with Gasteiger partial charge in [-0.25, -0.2) is 0 Å². The van der Waals surface area contributed by atoms with Gasteiger partial charge in [0.1, 0.15) is 12.4 Å². The van der Waals surface area contributed by atoms with Gasteiger partial charge in [0, 0.05) is 6.20 Å². The fourth-order valence-corrected chi connectivity index (χ4v) is 2.98. The SMILES string of the molecule is OCc1cc(Br)c(OCc2ccccn2)c(Br)c1. The summed E-state index contributed by atoms with van der Waals surface area (Å²) in [7, 11) is 0. The van der Waals surface area contributed by atoms with Crippen LogP contribution >= 0.6 is 31.9 Å². The summed E-state index contributed by atoms with van der Waals surface area (Å²) in [5.74, 6) is 0.706. The lowest BCUT2D eigenvalue weighted by atomic mass is 10.2. The van der Waals surface area contributed by atoms with Crippen LogP contribution in [0.25, 0.3) is 0 Å². The van der Waals surface area contributed by atoms with E-state index in [1.807, 2.05) is 30.3 Å². The maximum atomic E-state index is 9.09. The van der Waals surface area contributed by atoms with E-state index in [1.165, 1.54) is 0 Å². The van der Waals surface area contributed by atoms with Crippen molar-refractivity contribution >= 4 is 31.9 Å². The molecule has 0 aliphatic carbocycles. The van der Waals surface area contributed by atoms with Crippen molar-refractivity contribution in [3.8, 4) is 5.75 Å². The summed E-state index contributed by atoms with van der Waals surface area (Å²) >= 11 is 6.85. The molecule has 0 bridgehead atoms. The van der Waals surface area contributed by atoms with Crippen molar-refractivity contribution in [1.82, 2.24) is 4.98 Å². The van der Waals surface area contributed by atoms with Crippen LogP contribution in [0.5, 0.6) is 5.75 Å². The third-order valence-electron chi connectivity index (χ3n) is 2.33. The number of aliphatic hydroxyl groups excluding tert-OH is 1. The van der Waals surface area contributed by atoms with Crippen LogP contribution in [0, 0.1) is 0 Å². The Labute approximate surface area is 122 Å². The molecule has 18 heavy (non-hydrogen) atoms. The van der Waals surface area contributed by atoms with E-state index in [1.54, 1.807) is 6.20 Å². The molecule has 3 nitrogen and oxygen atoms in total. The minimum Gasteiger partial charge on any atom is -0.485 e. The number of aromatic nitrogens is 1. The highest BCUT2D eigenvalue weighted by Crippen LogP contribution is 2.35. The van der Waals surface area contributed by atoms with Crippen LogP contribution in [0.2, 0.25) is 0 Å². The molecule has 1 heterocycles. The first kappa shape index (κ1) is 13.5. The number of aliphatic hydroxyl groups is 1. The molecule has 0 radical (unpaired) electrons. The van der Waals surface area contributed by atoms with Crippen molar-refractivity contribution in [1.29, 1.82) is 0 Å². The van der Waals surface area contributed by atoms with E-state index >= 15 is 0 Å². The second-order valence-electron chi connectivity index (χ2n) is 3.66. The predicted molar refractivity (Wildman–Crippen MR) is 76.3 cm³/mol. The van der Waals surface area contributed by atoms with E-state index in [9.17, 15) is 0 Å². The molecule has 0 saturated heterocycles. The van der Waals surface area contributed by atoms with Crippen LogP contribution in [0.1, 0.15) is 11.3 Å². The maximum absolute atomic E-state index is 9.09. The zero-order chi connectivity index (χ0) is 13.0. The number of halogens is 2. The minimum absolute atomic E-state index is 0.00226. The second kappa shape index (κ2) is 6.31. The molecule has 1 aromatic carbocycles. The Morgan fingerprint density at radius 3 is 2.44 bits per heavy atom. The van der Waals surface area contributed by atoms with Crippen LogP contribution in [0.15, 0.2) is 45.5 Å². The van der Waals surface area contributed by atoms with E-state index in [0.717, 1.165) is 20.2 Å². The largest absolute Gasteiger partial charge is 0.485 e. The normalized spacial score (nSPS) is 10.4. The number of nitrogens with zero attached hydrogens (tertiary/aromatic N) is 1. The molecule has 1 aromatic heterocycles. The number of ether oxygens (including phenoxy) is 1. The van der Waals surface area contributed by atoms with Gasteiger partial charge in [-0.3, -0.25) is 4.98 Å². The zero-order valence-electron chi connectivity index (χ0n) is 9.44. The first-order valence-corrected chi connectivity index (χ1v) is 6.91. The van der Waals surface area contributed by atoms with E-state index in [4.69, 9.17) is 9.84 Å². The summed E-state index contributed by atoms with van der Waals surface area (Å²) in [6.45, 7) is 0.397. The topological polar surface area (TPSA) is 42.4 Å². The Balaban J connectivity index is 2.15. The quantitative estimate of drug-likeness (QED) is 0.890. The molecular formula is C13H11Br2NO2. The Morgan fingerprint density at radius 1 is 1.17 bits per heavy atom. The molecule has 5 heteroatoms. The van der Waals surface area contributed by atoms with Gasteiger partial charge in [-0.2, -0.15) is 0 Å². The molecule has 0 amide bonds. The van der Waals surface area contributed by atoms with Gasteiger partial charge < -0.3 is 9.84 Å². The minimum atomic E-state index is -0.00226. The van der Waals surface area contributed by atoms with Crippen LogP contribution in [0.3, 0.4) is 0 Å². The predicted octanol–water partition coefficient (Wildman–Crippen LogP) is 3.68. The van der Waals surface area contributed by atoms with Crippen LogP contribution < -0.4 is 4.74 Å². The summed E-state index contributed by atoms with van der Waals surface area (Å²) in [6.07, 6.45) is 1.73. The van der Waals surface area contributed by atoms with Gasteiger partial charge in [0.25, 0.3) is 0 Å². The van der Waals surface area contributed by atoms with Gasteiger partial charge in [0.2, 0.25) is 0 Å². The molecule has 0 aliphatic rings. The smallest absolute Gasteiger partial charge is 0.148 e. The van der Waals surface area contributed by atoms with E-state index < -0.39 is 0 Å². The first-order chi connectivity index (χ1) is 8.70. The van der Waals surface area contributed by atoms with Gasteiger partial charge in [-0.1, -0.05) is 6.07 Å². The van der Waals surface area contributed by atoms with Gasteiger partial charge >= 0.3 is 0 Å². The molecule has 0 saturated carbocycles. The van der Waals surface area contributed by atoms with Crippen LogP contribution in [0.4, 0.5) is 0 Å². The maximum Gasteiger partial charge on any atom is 0.148 e. The monoisotopic (exact) mass is 371 g/mol. The van der Waals surface area contributed by atoms with Crippen LogP contribution in [-0.2, 0) is 13.2 Å². The molecular weight excluding hydrogens is 362 g/mol. The molecule has 0 unspecified atom stereocenters. The lowest BCUT2D eigenvalue weighted by Gasteiger charge is -2.11. The second-order valence-corrected chi connectivity index (χ2v) is 5.37. The molecule has 0 fully saturated rings. The Morgan fingerprint density at radius 2 is 1.89 bits per heavy atom. The number of hydrogen-bond acceptors (Lipinski definition) is 3. The van der Waals surface area contributed by atoms with Gasteiger partial charge in [0.15, 0.2) is 0 Å². The number of pyridine rings is 1. The highest BCUT2D eigenvalue weighted by atomic mass is 79.9. The summed E-state index contributed by atoms with van der Waals surface area (Å²) in [4.78, 5) is 4.19. The standard InChI is InChI=1S/C13H11Br2NO2/c14-11-5-9(7-17)6-12(15)13(11)18-8-10-3-1-2-4-16-10/h1-6,17H,7-8H2. The summed E-state index contributed by atoms with van der Waals surface area (Å²) in [5, 5.41) is 9.09. The summed E-state index contributed by atoms with van der Waals surface area (Å²) < 4.78 is 7.32. The van der Waals surface area contributed by atoms with Crippen molar-refractivity contribution in [2.45, 2.75) is 13.2 Å². The van der Waals surface area contributed by atoms with Gasteiger partial charge in [-0.15, -0.1) is 0 Å². The van der Waals surface area contributed by atoms with Crippen molar-refractivity contribution in [2.24, 2.45) is 0 Å². The Kier molecular flexibility index (Phi) is 4.74. The molecule has 0 spiro atoms. The van der Waals surface area contributed by atoms with E-state index in [-0.39, 0.29) is 6.61 Å². The number of rotatable bonds is 4. The highest BCUT2D eigenvalue weighted by Gasteiger charge is 2.09. The first-order valence-electron chi connectivity index (χ1n) is 5.32. The molecule has 2 rings (SSSR count). The molecule has 94 valence electrons. The molecule has 0 atom stereocenters. The average Bonchev–Trinajstić information content (AvgIpc) is 2.38. The van der Waals surface area contributed by atoms with Gasteiger partial charge in [-0.05, 0) is 61.7 Å². The fourth-order valence-electron chi connectivity index (χ4n) is 1.47. The third kappa shape index (κ3) is 3.31. The molecule has 1 N–H and O–H groups in total. The lowest BCUT2D eigenvalue weighted by molar-refractivity contribution is 0.279. The molecule has 2 aromatic rings. The van der Waals surface area contributed by atoms with E-state index in [0.29, 0.717) is 12.4 Å². The highest BCUT2D eigenvalue weighted by molar-refractivity contribution is 9.11. The fraction of sp³-hybridized carbons (Fsp3) is 0.154. The average molecular weight is 373 g/mol. The number of hydrogen-bond donors (Lipinski definition) is 1. The Hall–Kier alpha value is -0.910. The zero-order valence-corrected chi connectivity index (χ0v) is 12.6. The van der Waals surface area contributed by atoms with Crippen molar-refractivity contribution < 1.29 is 9.84 Å². The van der Waals surface area contributed by atoms with Crippen LogP contribution in [-0.4, -0.2) is 10.1 Å². The lowest BCUT2D eigenvalue weighted by Crippen LogP contribution is -1.99. The van der Waals surface area contributed by atoms with Crippen molar-refractivity contribution in [3.05, 3.63) is 56.7 Å². The third-order valence-corrected chi connectivity index (χ3v) is 3.51.